The second-order valence-electron chi connectivity index (χ2n) is 5.13. The summed E-state index contributed by atoms with van der Waals surface area (Å²) in [6, 6.07) is 0. The van der Waals surface area contributed by atoms with E-state index in [-0.39, 0.29) is 11.6 Å². The molecule has 1 saturated heterocycles. The summed E-state index contributed by atoms with van der Waals surface area (Å²) in [5, 5.41) is 13.6. The molecule has 0 bridgehead atoms. The van der Waals surface area contributed by atoms with Gasteiger partial charge < -0.3 is 15.3 Å². The van der Waals surface area contributed by atoms with Gasteiger partial charge in [0.05, 0.1) is 5.54 Å². The van der Waals surface area contributed by atoms with Crippen LogP contribution in [0.3, 0.4) is 0 Å². The smallest absolute Gasteiger partial charge is 0.407 e. The Bertz CT molecular complexity index is 263. The first-order valence-electron chi connectivity index (χ1n) is 5.09. The summed E-state index contributed by atoms with van der Waals surface area (Å²) in [6.45, 7) is 7.55. The van der Waals surface area contributed by atoms with Gasteiger partial charge in [-0.05, 0) is 27.7 Å². The lowest BCUT2D eigenvalue weighted by Crippen LogP contribution is -2.49. The second kappa shape index (κ2) is 3.64. The summed E-state index contributed by atoms with van der Waals surface area (Å²) in [5.41, 5.74) is -0.932. The van der Waals surface area contributed by atoms with Crippen molar-refractivity contribution in [2.45, 2.75) is 51.3 Å². The fraction of sp³-hybridized carbons (Fsp3) is 0.900. The van der Waals surface area contributed by atoms with Crippen molar-refractivity contribution in [3.8, 4) is 0 Å². The van der Waals surface area contributed by atoms with E-state index in [1.54, 1.807) is 0 Å². The standard InChI is InChI=1S/C10H20N2O3/c1-9(2)6-7(15-8(13)11-5)10(3,4)12(9)14/h7,14H,6H2,1-5H3,(H,11,13). The largest absolute Gasteiger partial charge is 0.444 e. The predicted molar refractivity (Wildman–Crippen MR) is 55.7 cm³/mol. The van der Waals surface area contributed by atoms with Gasteiger partial charge >= 0.3 is 6.09 Å². The van der Waals surface area contributed by atoms with E-state index in [1.165, 1.54) is 12.1 Å². The Kier molecular flexibility index (Phi) is 2.98. The lowest BCUT2D eigenvalue weighted by Gasteiger charge is -2.35. The Balaban J connectivity index is 2.80. The molecule has 1 heterocycles. The molecule has 0 aromatic rings. The number of nitrogens with zero attached hydrogens (tertiary/aromatic N) is 1. The summed E-state index contributed by atoms with van der Waals surface area (Å²) in [4.78, 5) is 11.1. The highest BCUT2D eigenvalue weighted by atomic mass is 16.6. The first-order valence-corrected chi connectivity index (χ1v) is 5.09. The lowest BCUT2D eigenvalue weighted by atomic mass is 9.97. The predicted octanol–water partition coefficient (Wildman–Crippen LogP) is 1.36. The number of hydrogen-bond acceptors (Lipinski definition) is 4. The van der Waals surface area contributed by atoms with Gasteiger partial charge in [0.25, 0.3) is 0 Å². The molecule has 0 aromatic heterocycles. The van der Waals surface area contributed by atoms with Crippen LogP contribution in [0.15, 0.2) is 0 Å². The third-order valence-electron chi connectivity index (χ3n) is 3.05. The van der Waals surface area contributed by atoms with Gasteiger partial charge in [-0.2, -0.15) is 5.06 Å². The molecule has 0 spiro atoms. The van der Waals surface area contributed by atoms with E-state index in [0.717, 1.165) is 0 Å². The van der Waals surface area contributed by atoms with E-state index >= 15 is 0 Å². The van der Waals surface area contributed by atoms with Crippen molar-refractivity contribution in [1.29, 1.82) is 0 Å². The Labute approximate surface area is 90.4 Å². The molecule has 2 N–H and O–H groups in total. The molecule has 1 rings (SSSR count). The van der Waals surface area contributed by atoms with E-state index in [1.807, 2.05) is 27.7 Å². The van der Waals surface area contributed by atoms with Crippen molar-refractivity contribution < 1.29 is 14.7 Å². The van der Waals surface area contributed by atoms with Crippen LogP contribution in [-0.2, 0) is 4.74 Å². The van der Waals surface area contributed by atoms with E-state index in [4.69, 9.17) is 4.74 Å². The Morgan fingerprint density at radius 2 is 2.00 bits per heavy atom. The third kappa shape index (κ3) is 2.08. The minimum Gasteiger partial charge on any atom is -0.444 e. The van der Waals surface area contributed by atoms with Crippen LogP contribution in [0.5, 0.6) is 0 Å². The van der Waals surface area contributed by atoms with Crippen LogP contribution >= 0.6 is 0 Å². The molecule has 1 aliphatic rings. The number of alkyl carbamates (subject to hydrolysis) is 1. The van der Waals surface area contributed by atoms with E-state index in [2.05, 4.69) is 5.32 Å². The molecule has 0 saturated carbocycles. The zero-order valence-electron chi connectivity index (χ0n) is 10.00. The number of hydrogen-bond donors (Lipinski definition) is 2. The molecule has 5 heteroatoms. The quantitative estimate of drug-likeness (QED) is 0.694. The van der Waals surface area contributed by atoms with Gasteiger partial charge in [0, 0.05) is 19.0 Å². The molecule has 15 heavy (non-hydrogen) atoms. The summed E-state index contributed by atoms with van der Waals surface area (Å²) in [6.07, 6.45) is -0.152. The van der Waals surface area contributed by atoms with Crippen LogP contribution in [0.1, 0.15) is 34.1 Å². The van der Waals surface area contributed by atoms with Gasteiger partial charge in [-0.15, -0.1) is 0 Å². The Morgan fingerprint density at radius 1 is 1.47 bits per heavy atom. The molecule has 88 valence electrons. The van der Waals surface area contributed by atoms with Crippen LogP contribution in [-0.4, -0.2) is 40.6 Å². The van der Waals surface area contributed by atoms with Crippen LogP contribution in [0.25, 0.3) is 0 Å². The van der Waals surface area contributed by atoms with Gasteiger partial charge in [-0.3, -0.25) is 0 Å². The van der Waals surface area contributed by atoms with Crippen LogP contribution in [0, 0.1) is 0 Å². The maximum Gasteiger partial charge on any atom is 0.407 e. The van der Waals surface area contributed by atoms with Gasteiger partial charge in [-0.1, -0.05) is 0 Å². The first-order chi connectivity index (χ1) is 6.71. The SMILES string of the molecule is CNC(=O)OC1CC(C)(C)N(O)C1(C)C. The topological polar surface area (TPSA) is 61.8 Å². The summed E-state index contributed by atoms with van der Waals surface area (Å²) >= 11 is 0. The number of nitrogens with one attached hydrogen (secondary N) is 1. The fourth-order valence-corrected chi connectivity index (χ4v) is 2.08. The highest BCUT2D eigenvalue weighted by Gasteiger charge is 2.53. The Hall–Kier alpha value is -0.810. The molecule has 1 aliphatic heterocycles. The average Bonchev–Trinajstić information content (AvgIpc) is 2.27. The molecule has 0 aromatic carbocycles. The Morgan fingerprint density at radius 3 is 2.33 bits per heavy atom. The maximum atomic E-state index is 11.1. The van der Waals surface area contributed by atoms with Crippen molar-refractivity contribution in [3.63, 3.8) is 0 Å². The van der Waals surface area contributed by atoms with E-state index < -0.39 is 11.6 Å². The highest BCUT2D eigenvalue weighted by Crippen LogP contribution is 2.40. The normalized spacial score (nSPS) is 28.8. The molecular formula is C10H20N2O3. The highest BCUT2D eigenvalue weighted by molar-refractivity contribution is 5.67. The lowest BCUT2D eigenvalue weighted by molar-refractivity contribution is -0.201. The van der Waals surface area contributed by atoms with Crippen molar-refractivity contribution in [1.82, 2.24) is 10.4 Å². The van der Waals surface area contributed by atoms with Crippen molar-refractivity contribution in [2.75, 3.05) is 7.05 Å². The molecule has 1 unspecified atom stereocenters. The molecule has 5 nitrogen and oxygen atoms in total. The summed E-state index contributed by atoms with van der Waals surface area (Å²) in [7, 11) is 1.52. The minimum absolute atomic E-state index is 0.308. The van der Waals surface area contributed by atoms with Gasteiger partial charge in [0.2, 0.25) is 0 Å². The van der Waals surface area contributed by atoms with Crippen molar-refractivity contribution in [2.24, 2.45) is 0 Å². The van der Waals surface area contributed by atoms with Crippen LogP contribution < -0.4 is 5.32 Å². The van der Waals surface area contributed by atoms with E-state index in [0.29, 0.717) is 6.42 Å². The summed E-state index contributed by atoms with van der Waals surface area (Å²) < 4.78 is 5.23. The van der Waals surface area contributed by atoms with Crippen molar-refractivity contribution in [3.05, 3.63) is 0 Å². The second-order valence-corrected chi connectivity index (χ2v) is 5.13. The van der Waals surface area contributed by atoms with E-state index in [9.17, 15) is 10.0 Å². The molecule has 0 radical (unpaired) electrons. The van der Waals surface area contributed by atoms with Gasteiger partial charge in [-0.25, -0.2) is 4.79 Å². The minimum atomic E-state index is -0.560. The monoisotopic (exact) mass is 216 g/mol. The van der Waals surface area contributed by atoms with Crippen LogP contribution in [0.4, 0.5) is 4.79 Å². The molecule has 1 atom stereocenters. The zero-order chi connectivity index (χ0) is 11.9. The number of carbonyl (C=O) groups is 1. The van der Waals surface area contributed by atoms with Crippen molar-refractivity contribution >= 4 is 6.09 Å². The maximum absolute atomic E-state index is 11.1. The molecular weight excluding hydrogens is 196 g/mol. The molecule has 1 amide bonds. The number of rotatable bonds is 1. The number of carbonyl (C=O) groups excluding carboxylic acids is 1. The molecule has 0 aliphatic carbocycles. The van der Waals surface area contributed by atoms with Crippen LogP contribution in [0.2, 0.25) is 0 Å². The third-order valence-corrected chi connectivity index (χ3v) is 3.05. The number of hydroxylamine groups is 2. The first kappa shape index (κ1) is 12.3. The number of ether oxygens (including phenoxy) is 1. The zero-order valence-corrected chi connectivity index (χ0v) is 10.00. The average molecular weight is 216 g/mol. The van der Waals surface area contributed by atoms with Gasteiger partial charge in [0.15, 0.2) is 0 Å². The summed E-state index contributed by atoms with van der Waals surface area (Å²) in [5.74, 6) is 0. The van der Waals surface area contributed by atoms with Gasteiger partial charge in [0.1, 0.15) is 6.10 Å². The fourth-order valence-electron chi connectivity index (χ4n) is 2.08. The molecule has 1 fully saturated rings. The number of amides is 1.